The van der Waals surface area contributed by atoms with Crippen LogP contribution in [-0.2, 0) is 25.6 Å². The number of alkyl halides is 3. The third kappa shape index (κ3) is 2.86. The lowest BCUT2D eigenvalue weighted by Crippen LogP contribution is -2.23. The molecule has 1 aliphatic rings. The predicted molar refractivity (Wildman–Crippen MR) is 91.1 cm³/mol. The van der Waals surface area contributed by atoms with Crippen LogP contribution in [0, 0.1) is 0 Å². The molecule has 0 saturated heterocycles. The lowest BCUT2D eigenvalue weighted by atomic mass is 9.97. The second-order valence-electron chi connectivity index (χ2n) is 6.22. The Morgan fingerprint density at radius 1 is 1.16 bits per heavy atom. The lowest BCUT2D eigenvalue weighted by Gasteiger charge is -2.14. The molecule has 0 unspecified atom stereocenters. The summed E-state index contributed by atoms with van der Waals surface area (Å²) in [5.74, 6) is 0. The van der Waals surface area contributed by atoms with E-state index in [2.05, 4.69) is 4.98 Å². The number of fused-ring (bicyclic) bond motifs is 3. The van der Waals surface area contributed by atoms with Crippen molar-refractivity contribution in [1.29, 1.82) is 0 Å². The second kappa shape index (κ2) is 5.98. The Hall–Kier alpha value is -2.15. The van der Waals surface area contributed by atoms with Crippen molar-refractivity contribution in [3.63, 3.8) is 0 Å². The first-order valence-electron chi connectivity index (χ1n) is 8.10. The quantitative estimate of drug-likeness (QED) is 0.675. The van der Waals surface area contributed by atoms with Crippen LogP contribution >= 0.6 is 11.3 Å². The molecule has 0 fully saturated rings. The van der Waals surface area contributed by atoms with Crippen molar-refractivity contribution < 1.29 is 13.2 Å². The molecule has 0 atom stereocenters. The maximum atomic E-state index is 13.2. The molecule has 0 spiro atoms. The zero-order chi connectivity index (χ0) is 17.6. The van der Waals surface area contributed by atoms with Crippen LogP contribution in [0.2, 0.25) is 0 Å². The minimum atomic E-state index is -4.45. The summed E-state index contributed by atoms with van der Waals surface area (Å²) in [5.41, 5.74) is 0.153. The molecule has 3 nitrogen and oxygen atoms in total. The van der Waals surface area contributed by atoms with Crippen molar-refractivity contribution in [3.8, 4) is 0 Å². The molecule has 3 aromatic rings. The number of thiophene rings is 1. The largest absolute Gasteiger partial charge is 0.416 e. The van der Waals surface area contributed by atoms with Crippen LogP contribution in [0.3, 0.4) is 0 Å². The first-order valence-corrected chi connectivity index (χ1v) is 8.91. The van der Waals surface area contributed by atoms with E-state index in [1.54, 1.807) is 6.07 Å². The van der Waals surface area contributed by atoms with Crippen LogP contribution < -0.4 is 5.56 Å². The van der Waals surface area contributed by atoms with Gasteiger partial charge in [0.2, 0.25) is 0 Å². The SMILES string of the molecule is O=c1c2c3c(sc2ncn1Cc1ccccc1C(F)(F)F)CCCC3. The van der Waals surface area contributed by atoms with Crippen molar-refractivity contribution in [2.24, 2.45) is 0 Å². The van der Waals surface area contributed by atoms with Gasteiger partial charge in [0, 0.05) is 4.88 Å². The standard InChI is InChI=1S/C18H15F3N2OS/c19-18(20,21)13-7-3-1-5-11(13)9-23-10-22-16-15(17(23)24)12-6-2-4-8-14(12)25-16/h1,3,5,7,10H,2,4,6,8-9H2. The Labute approximate surface area is 145 Å². The number of benzene rings is 1. The average Bonchev–Trinajstić information content (AvgIpc) is 2.96. The fraction of sp³-hybridized carbons (Fsp3) is 0.333. The smallest absolute Gasteiger partial charge is 0.294 e. The maximum absolute atomic E-state index is 13.2. The summed E-state index contributed by atoms with van der Waals surface area (Å²) >= 11 is 1.53. The third-order valence-electron chi connectivity index (χ3n) is 4.61. The van der Waals surface area contributed by atoms with E-state index in [0.29, 0.717) is 10.2 Å². The second-order valence-corrected chi connectivity index (χ2v) is 7.31. The van der Waals surface area contributed by atoms with Crippen LogP contribution in [0.25, 0.3) is 10.2 Å². The molecule has 7 heteroatoms. The van der Waals surface area contributed by atoms with Gasteiger partial charge in [-0.1, -0.05) is 18.2 Å². The van der Waals surface area contributed by atoms with Crippen LogP contribution in [0.4, 0.5) is 13.2 Å². The summed E-state index contributed by atoms with van der Waals surface area (Å²) in [6, 6.07) is 5.35. The molecule has 1 aromatic carbocycles. The van der Waals surface area contributed by atoms with Gasteiger partial charge in [0.25, 0.3) is 5.56 Å². The molecular formula is C18H15F3N2OS. The molecule has 130 valence electrons. The molecule has 4 rings (SSSR count). The normalized spacial score (nSPS) is 14.7. The van der Waals surface area contributed by atoms with Crippen LogP contribution in [-0.4, -0.2) is 9.55 Å². The molecule has 0 saturated carbocycles. The highest BCUT2D eigenvalue weighted by Gasteiger charge is 2.33. The number of hydrogen-bond acceptors (Lipinski definition) is 3. The predicted octanol–water partition coefficient (Wildman–Crippen LogP) is 4.40. The molecule has 0 N–H and O–H groups in total. The summed E-state index contributed by atoms with van der Waals surface area (Å²) in [6.07, 6.45) is 0.845. The van der Waals surface area contributed by atoms with E-state index in [1.807, 2.05) is 0 Å². The van der Waals surface area contributed by atoms with Gasteiger partial charge in [-0.2, -0.15) is 13.2 Å². The van der Waals surface area contributed by atoms with E-state index < -0.39 is 11.7 Å². The van der Waals surface area contributed by atoms with E-state index in [0.717, 1.165) is 37.3 Å². The van der Waals surface area contributed by atoms with Gasteiger partial charge < -0.3 is 0 Å². The van der Waals surface area contributed by atoms with Crippen LogP contribution in [0.15, 0.2) is 35.4 Å². The molecular weight excluding hydrogens is 349 g/mol. The Balaban J connectivity index is 1.82. The molecule has 0 bridgehead atoms. The first kappa shape index (κ1) is 16.3. The minimum Gasteiger partial charge on any atom is -0.294 e. The number of halogens is 3. The number of hydrogen-bond donors (Lipinski definition) is 0. The van der Waals surface area contributed by atoms with Crippen molar-refractivity contribution in [2.45, 2.75) is 38.4 Å². The van der Waals surface area contributed by atoms with E-state index in [1.165, 1.54) is 39.2 Å². The topological polar surface area (TPSA) is 34.9 Å². The summed E-state index contributed by atoms with van der Waals surface area (Å²) in [5, 5.41) is 0.590. The van der Waals surface area contributed by atoms with Crippen molar-refractivity contribution in [1.82, 2.24) is 9.55 Å². The molecule has 0 amide bonds. The highest BCUT2D eigenvalue weighted by Crippen LogP contribution is 2.34. The van der Waals surface area contributed by atoms with E-state index in [4.69, 9.17) is 0 Å². The van der Waals surface area contributed by atoms with Gasteiger partial charge in [-0.25, -0.2) is 4.98 Å². The number of rotatable bonds is 2. The van der Waals surface area contributed by atoms with Gasteiger partial charge in [0.1, 0.15) is 4.83 Å². The summed E-state index contributed by atoms with van der Waals surface area (Å²) in [7, 11) is 0. The molecule has 0 radical (unpaired) electrons. The fourth-order valence-electron chi connectivity index (χ4n) is 3.41. The third-order valence-corrected chi connectivity index (χ3v) is 5.81. The van der Waals surface area contributed by atoms with Crippen LogP contribution in [0.1, 0.15) is 34.4 Å². The Kier molecular flexibility index (Phi) is 3.91. The summed E-state index contributed by atoms with van der Waals surface area (Å²) in [6.45, 7) is -0.137. The average molecular weight is 364 g/mol. The van der Waals surface area contributed by atoms with Gasteiger partial charge in [0.15, 0.2) is 0 Å². The molecule has 2 heterocycles. The van der Waals surface area contributed by atoms with Gasteiger partial charge >= 0.3 is 6.18 Å². The Morgan fingerprint density at radius 2 is 1.92 bits per heavy atom. The van der Waals surface area contributed by atoms with Crippen molar-refractivity contribution in [3.05, 3.63) is 62.5 Å². The zero-order valence-corrected chi connectivity index (χ0v) is 14.1. The first-order chi connectivity index (χ1) is 11.9. The van der Waals surface area contributed by atoms with Gasteiger partial charge in [-0.05, 0) is 42.9 Å². The summed E-state index contributed by atoms with van der Waals surface area (Å²) < 4.78 is 40.8. The highest BCUT2D eigenvalue weighted by atomic mass is 32.1. The van der Waals surface area contributed by atoms with Gasteiger partial charge in [-0.15, -0.1) is 11.3 Å². The molecule has 1 aliphatic carbocycles. The lowest BCUT2D eigenvalue weighted by molar-refractivity contribution is -0.138. The molecule has 2 aromatic heterocycles. The number of aryl methyl sites for hydroxylation is 2. The van der Waals surface area contributed by atoms with Gasteiger partial charge in [0.05, 0.1) is 23.8 Å². The van der Waals surface area contributed by atoms with Crippen LogP contribution in [0.5, 0.6) is 0 Å². The Bertz CT molecular complexity index is 1000. The summed E-state index contributed by atoms with van der Waals surface area (Å²) in [4.78, 5) is 19.1. The zero-order valence-electron chi connectivity index (χ0n) is 13.3. The molecule has 0 aliphatic heterocycles. The maximum Gasteiger partial charge on any atom is 0.416 e. The van der Waals surface area contributed by atoms with E-state index in [-0.39, 0.29) is 17.7 Å². The monoisotopic (exact) mass is 364 g/mol. The minimum absolute atomic E-state index is 0.0716. The van der Waals surface area contributed by atoms with Gasteiger partial charge in [-0.3, -0.25) is 9.36 Å². The number of aromatic nitrogens is 2. The highest BCUT2D eigenvalue weighted by molar-refractivity contribution is 7.18. The van der Waals surface area contributed by atoms with E-state index in [9.17, 15) is 18.0 Å². The van der Waals surface area contributed by atoms with Crippen molar-refractivity contribution >= 4 is 21.6 Å². The molecule has 25 heavy (non-hydrogen) atoms. The number of nitrogens with zero attached hydrogens (tertiary/aromatic N) is 2. The fourth-order valence-corrected chi connectivity index (χ4v) is 4.63. The Morgan fingerprint density at radius 3 is 2.72 bits per heavy atom. The van der Waals surface area contributed by atoms with Crippen molar-refractivity contribution in [2.75, 3.05) is 0 Å². The van der Waals surface area contributed by atoms with E-state index >= 15 is 0 Å².